The van der Waals surface area contributed by atoms with Crippen molar-refractivity contribution in [2.75, 3.05) is 6.61 Å². The van der Waals surface area contributed by atoms with Crippen molar-refractivity contribution < 1.29 is 23.5 Å². The maximum atomic E-state index is 13.5. The van der Waals surface area contributed by atoms with E-state index in [0.717, 1.165) is 17.2 Å². The van der Waals surface area contributed by atoms with Gasteiger partial charge in [-0.05, 0) is 35.4 Å². The topological polar surface area (TPSA) is 84.5 Å². The van der Waals surface area contributed by atoms with E-state index in [1.165, 1.54) is 18.2 Å². The lowest BCUT2D eigenvalue weighted by atomic mass is 10.0. The van der Waals surface area contributed by atoms with Crippen LogP contribution in [0.2, 0.25) is 0 Å². The minimum atomic E-state index is -0.820. The molecule has 0 aromatic heterocycles. The zero-order chi connectivity index (χ0) is 20.6. The van der Waals surface area contributed by atoms with Crippen molar-refractivity contribution in [2.45, 2.75) is 0 Å². The summed E-state index contributed by atoms with van der Waals surface area (Å²) in [6.07, 6.45) is 0. The largest absolute Gasteiger partial charge is 0.452 e. The fourth-order valence-electron chi connectivity index (χ4n) is 2.52. The lowest BCUT2D eigenvalue weighted by Crippen LogP contribution is -2.43. The van der Waals surface area contributed by atoms with Gasteiger partial charge in [-0.15, -0.1) is 0 Å². The summed E-state index contributed by atoms with van der Waals surface area (Å²) in [5, 5.41) is 0. The molecule has 0 bridgehead atoms. The van der Waals surface area contributed by atoms with Gasteiger partial charge in [0.15, 0.2) is 6.61 Å². The predicted octanol–water partition coefficient (Wildman–Crippen LogP) is 3.11. The monoisotopic (exact) mass is 392 g/mol. The summed E-state index contributed by atoms with van der Waals surface area (Å²) in [4.78, 5) is 35.6. The summed E-state index contributed by atoms with van der Waals surface area (Å²) in [6, 6.07) is 21.7. The standard InChI is InChI=1S/C22H17FN2O4/c23-19-9-5-4-8-18(19)21(27)25-24-20(26)14-29-22(28)17-12-10-16(11-13-17)15-6-2-1-3-7-15/h1-13H,14H2,(H,24,26)(H,25,27). The van der Waals surface area contributed by atoms with Crippen molar-refractivity contribution in [1.82, 2.24) is 10.9 Å². The molecule has 146 valence electrons. The van der Waals surface area contributed by atoms with Gasteiger partial charge in [0.25, 0.3) is 11.8 Å². The van der Waals surface area contributed by atoms with Crippen molar-refractivity contribution >= 4 is 17.8 Å². The minimum Gasteiger partial charge on any atom is -0.452 e. The van der Waals surface area contributed by atoms with E-state index in [4.69, 9.17) is 4.74 Å². The van der Waals surface area contributed by atoms with Gasteiger partial charge in [-0.2, -0.15) is 0 Å². The van der Waals surface area contributed by atoms with E-state index in [9.17, 15) is 18.8 Å². The molecule has 0 aliphatic rings. The van der Waals surface area contributed by atoms with Crippen LogP contribution in [0.5, 0.6) is 0 Å². The Balaban J connectivity index is 1.48. The third-order valence-corrected chi connectivity index (χ3v) is 4.00. The van der Waals surface area contributed by atoms with Crippen molar-refractivity contribution in [1.29, 1.82) is 0 Å². The Morgan fingerprint density at radius 1 is 0.759 bits per heavy atom. The molecule has 2 amide bonds. The van der Waals surface area contributed by atoms with Crippen molar-refractivity contribution in [3.8, 4) is 11.1 Å². The summed E-state index contributed by atoms with van der Waals surface area (Å²) in [6.45, 7) is -0.600. The van der Waals surface area contributed by atoms with Crippen molar-refractivity contribution in [3.05, 3.63) is 95.8 Å². The first-order chi connectivity index (χ1) is 14.0. The first kappa shape index (κ1) is 19.8. The number of ether oxygens (including phenoxy) is 1. The second kappa shape index (κ2) is 9.27. The molecule has 3 aromatic rings. The number of hydrogen-bond acceptors (Lipinski definition) is 4. The van der Waals surface area contributed by atoms with Crippen LogP contribution in [0.1, 0.15) is 20.7 Å². The van der Waals surface area contributed by atoms with Gasteiger partial charge in [-0.1, -0.05) is 54.6 Å². The number of amides is 2. The molecule has 3 rings (SSSR count). The average Bonchev–Trinajstić information content (AvgIpc) is 2.77. The Morgan fingerprint density at radius 3 is 2.07 bits per heavy atom. The van der Waals surface area contributed by atoms with E-state index >= 15 is 0 Å². The molecule has 0 aliphatic carbocycles. The van der Waals surface area contributed by atoms with Gasteiger partial charge in [-0.25, -0.2) is 9.18 Å². The molecule has 0 saturated carbocycles. The van der Waals surface area contributed by atoms with Gasteiger partial charge in [-0.3, -0.25) is 20.4 Å². The normalized spacial score (nSPS) is 10.1. The molecule has 0 atom stereocenters. The first-order valence-corrected chi connectivity index (χ1v) is 8.71. The van der Waals surface area contributed by atoms with Gasteiger partial charge in [0.05, 0.1) is 11.1 Å². The Kier molecular flexibility index (Phi) is 6.32. The van der Waals surface area contributed by atoms with Crippen molar-refractivity contribution in [2.24, 2.45) is 0 Å². The third-order valence-electron chi connectivity index (χ3n) is 4.00. The number of hydrazine groups is 1. The Morgan fingerprint density at radius 2 is 1.38 bits per heavy atom. The fraction of sp³-hybridized carbons (Fsp3) is 0.0455. The van der Waals surface area contributed by atoms with Crippen LogP contribution in [0.3, 0.4) is 0 Å². The average molecular weight is 392 g/mol. The number of benzene rings is 3. The molecule has 0 fully saturated rings. The number of carbonyl (C=O) groups is 3. The summed E-state index contributed by atoms with van der Waals surface area (Å²) in [5.41, 5.74) is 6.14. The number of esters is 1. The number of halogens is 1. The quantitative estimate of drug-likeness (QED) is 0.516. The van der Waals surface area contributed by atoms with Crippen LogP contribution in [0, 0.1) is 5.82 Å². The second-order valence-electron chi connectivity index (χ2n) is 6.00. The summed E-state index contributed by atoms with van der Waals surface area (Å²) in [7, 11) is 0. The molecule has 6 nitrogen and oxygen atoms in total. The summed E-state index contributed by atoms with van der Waals surface area (Å²) < 4.78 is 18.4. The van der Waals surface area contributed by atoms with Crippen LogP contribution < -0.4 is 10.9 Å². The van der Waals surface area contributed by atoms with Gasteiger partial charge in [0, 0.05) is 0 Å². The fourth-order valence-corrected chi connectivity index (χ4v) is 2.52. The molecular formula is C22H17FN2O4. The van der Waals surface area contributed by atoms with E-state index in [-0.39, 0.29) is 11.1 Å². The molecule has 0 aliphatic heterocycles. The van der Waals surface area contributed by atoms with Gasteiger partial charge in [0.1, 0.15) is 5.82 Å². The molecule has 7 heteroatoms. The minimum absolute atomic E-state index is 0.219. The third kappa shape index (κ3) is 5.26. The second-order valence-corrected chi connectivity index (χ2v) is 6.00. The van der Waals surface area contributed by atoms with Crippen LogP contribution in [0.15, 0.2) is 78.9 Å². The number of hydrogen-bond donors (Lipinski definition) is 2. The molecule has 2 N–H and O–H groups in total. The van der Waals surface area contributed by atoms with E-state index in [2.05, 4.69) is 10.9 Å². The van der Waals surface area contributed by atoms with E-state index < -0.39 is 30.2 Å². The highest BCUT2D eigenvalue weighted by molar-refractivity contribution is 5.96. The molecule has 0 unspecified atom stereocenters. The molecule has 29 heavy (non-hydrogen) atoms. The zero-order valence-electron chi connectivity index (χ0n) is 15.2. The van der Waals surface area contributed by atoms with Crippen LogP contribution in [0.25, 0.3) is 11.1 Å². The molecule has 0 saturated heterocycles. The maximum absolute atomic E-state index is 13.5. The highest BCUT2D eigenvalue weighted by atomic mass is 19.1. The highest BCUT2D eigenvalue weighted by Crippen LogP contribution is 2.19. The van der Waals surface area contributed by atoms with E-state index in [1.807, 2.05) is 30.3 Å². The van der Waals surface area contributed by atoms with Gasteiger partial charge < -0.3 is 4.74 Å². The molecule has 0 spiro atoms. The lowest BCUT2D eigenvalue weighted by molar-refractivity contribution is -0.125. The first-order valence-electron chi connectivity index (χ1n) is 8.71. The van der Waals surface area contributed by atoms with E-state index in [1.54, 1.807) is 24.3 Å². The number of carbonyl (C=O) groups excluding carboxylic acids is 3. The summed E-state index contributed by atoms with van der Waals surface area (Å²) in [5.74, 6) is -2.98. The Labute approximate surface area is 166 Å². The highest BCUT2D eigenvalue weighted by Gasteiger charge is 2.13. The zero-order valence-corrected chi connectivity index (χ0v) is 15.2. The van der Waals surface area contributed by atoms with Crippen LogP contribution in [0.4, 0.5) is 4.39 Å². The molecule has 3 aromatic carbocycles. The number of rotatable bonds is 5. The SMILES string of the molecule is O=C(COC(=O)c1ccc(-c2ccccc2)cc1)NNC(=O)c1ccccc1F. The maximum Gasteiger partial charge on any atom is 0.338 e. The predicted molar refractivity (Wildman–Crippen MR) is 104 cm³/mol. The van der Waals surface area contributed by atoms with Gasteiger partial charge >= 0.3 is 5.97 Å². The smallest absolute Gasteiger partial charge is 0.338 e. The van der Waals surface area contributed by atoms with Crippen LogP contribution in [-0.2, 0) is 9.53 Å². The Hall–Kier alpha value is -4.00. The molecule has 0 radical (unpaired) electrons. The lowest BCUT2D eigenvalue weighted by Gasteiger charge is -2.09. The molecular weight excluding hydrogens is 375 g/mol. The number of nitrogens with one attached hydrogen (secondary N) is 2. The molecule has 0 heterocycles. The van der Waals surface area contributed by atoms with Crippen molar-refractivity contribution in [3.63, 3.8) is 0 Å². The van der Waals surface area contributed by atoms with Crippen LogP contribution in [-0.4, -0.2) is 24.4 Å². The van der Waals surface area contributed by atoms with Crippen LogP contribution >= 0.6 is 0 Å². The summed E-state index contributed by atoms with van der Waals surface area (Å²) >= 11 is 0. The van der Waals surface area contributed by atoms with E-state index in [0.29, 0.717) is 0 Å². The van der Waals surface area contributed by atoms with Gasteiger partial charge in [0.2, 0.25) is 0 Å². The Bertz CT molecular complexity index is 1020.